The highest BCUT2D eigenvalue weighted by molar-refractivity contribution is 7.17. The van der Waals surface area contributed by atoms with Gasteiger partial charge in [-0.2, -0.15) is 0 Å². The maximum atomic E-state index is 12.5. The van der Waals surface area contributed by atoms with Crippen LogP contribution in [0.3, 0.4) is 0 Å². The van der Waals surface area contributed by atoms with Crippen LogP contribution >= 0.6 is 11.3 Å². The van der Waals surface area contributed by atoms with Gasteiger partial charge in [-0.1, -0.05) is 27.2 Å². The number of esters is 1. The quantitative estimate of drug-likeness (QED) is 0.781. The van der Waals surface area contributed by atoms with Crippen LogP contribution in [0, 0.1) is 17.3 Å². The summed E-state index contributed by atoms with van der Waals surface area (Å²) < 4.78 is 5.29. The molecule has 1 aromatic heterocycles. The topological polar surface area (TPSA) is 55.4 Å². The third-order valence-electron chi connectivity index (χ3n) is 5.68. The van der Waals surface area contributed by atoms with E-state index in [0.29, 0.717) is 23.1 Å². The predicted octanol–water partition coefficient (Wildman–Crippen LogP) is 4.81. The number of fused-ring (bicyclic) bond motifs is 1. The van der Waals surface area contributed by atoms with Crippen LogP contribution in [-0.2, 0) is 22.4 Å². The van der Waals surface area contributed by atoms with E-state index in [-0.39, 0.29) is 23.2 Å². The van der Waals surface area contributed by atoms with Crippen LogP contribution in [0.1, 0.15) is 74.2 Å². The summed E-state index contributed by atoms with van der Waals surface area (Å²) >= 11 is 1.58. The third-order valence-corrected chi connectivity index (χ3v) is 6.85. The summed E-state index contributed by atoms with van der Waals surface area (Å²) in [6.45, 7) is 9.01. The van der Waals surface area contributed by atoms with Crippen molar-refractivity contribution in [3.05, 3.63) is 16.0 Å². The van der Waals surface area contributed by atoms with Gasteiger partial charge < -0.3 is 10.1 Å². The molecule has 0 aromatic carbocycles. The van der Waals surface area contributed by atoms with Crippen molar-refractivity contribution >= 4 is 28.2 Å². The van der Waals surface area contributed by atoms with Crippen molar-refractivity contribution in [2.75, 3.05) is 11.9 Å². The van der Waals surface area contributed by atoms with E-state index in [1.165, 1.54) is 4.88 Å². The number of thiophene rings is 1. The molecular formula is C20H29NO3S. The van der Waals surface area contributed by atoms with Crippen molar-refractivity contribution in [2.45, 2.75) is 66.2 Å². The van der Waals surface area contributed by atoms with Gasteiger partial charge in [-0.05, 0) is 55.9 Å². The summed E-state index contributed by atoms with van der Waals surface area (Å²) in [5.74, 6) is 0.473. The highest BCUT2D eigenvalue weighted by atomic mass is 32.1. The van der Waals surface area contributed by atoms with Crippen LogP contribution in [-0.4, -0.2) is 18.5 Å². The number of carbonyl (C=O) groups excluding carboxylic acids is 2. The molecular weight excluding hydrogens is 334 g/mol. The average Bonchev–Trinajstić information content (AvgIpc) is 2.81. The lowest BCUT2D eigenvalue weighted by Crippen LogP contribution is -2.28. The minimum atomic E-state index is -0.293. The normalized spacial score (nSPS) is 20.6. The first-order valence-electron chi connectivity index (χ1n) is 9.43. The fraction of sp³-hybridized carbons (Fsp3) is 0.700. The zero-order chi connectivity index (χ0) is 18.2. The van der Waals surface area contributed by atoms with Crippen molar-refractivity contribution in [2.24, 2.45) is 17.3 Å². The molecule has 0 saturated heterocycles. The number of anilines is 1. The number of carbonyl (C=O) groups is 2. The van der Waals surface area contributed by atoms with Crippen LogP contribution in [0.15, 0.2) is 0 Å². The fourth-order valence-corrected chi connectivity index (χ4v) is 5.04. The molecule has 1 heterocycles. The van der Waals surface area contributed by atoms with Crippen molar-refractivity contribution in [3.8, 4) is 0 Å². The fourth-order valence-electron chi connectivity index (χ4n) is 3.72. The van der Waals surface area contributed by atoms with Crippen LogP contribution in [0.2, 0.25) is 0 Å². The van der Waals surface area contributed by atoms with Crippen LogP contribution in [0.4, 0.5) is 5.00 Å². The number of rotatable bonds is 4. The summed E-state index contributed by atoms with van der Waals surface area (Å²) in [5.41, 5.74) is 1.97. The van der Waals surface area contributed by atoms with Crippen LogP contribution in [0.25, 0.3) is 0 Å². The Bertz CT molecular complexity index is 667. The standard InChI is InChI=1S/C20H29NO3S/c1-5-24-19(23)16-14-10-9-13(20(2,3)4)11-15(14)25-18(16)21-17(22)12-7-6-8-12/h12-13H,5-11H2,1-4H3,(H,21,22)/t13-/m0/s1. The van der Waals surface area contributed by atoms with E-state index in [1.54, 1.807) is 11.3 Å². The molecule has 1 atom stereocenters. The van der Waals surface area contributed by atoms with E-state index in [2.05, 4.69) is 26.1 Å². The molecule has 5 heteroatoms. The summed E-state index contributed by atoms with van der Waals surface area (Å²) in [4.78, 5) is 26.2. The van der Waals surface area contributed by atoms with Gasteiger partial charge in [0.25, 0.3) is 0 Å². The van der Waals surface area contributed by atoms with E-state index >= 15 is 0 Å². The summed E-state index contributed by atoms with van der Waals surface area (Å²) in [7, 11) is 0. The molecule has 3 rings (SSSR count). The van der Waals surface area contributed by atoms with Crippen LogP contribution < -0.4 is 5.32 Å². The molecule has 25 heavy (non-hydrogen) atoms. The largest absolute Gasteiger partial charge is 0.462 e. The zero-order valence-corrected chi connectivity index (χ0v) is 16.6. The highest BCUT2D eigenvalue weighted by Gasteiger charge is 2.35. The second-order valence-corrected chi connectivity index (χ2v) is 9.46. The zero-order valence-electron chi connectivity index (χ0n) is 15.7. The molecule has 0 bridgehead atoms. The van der Waals surface area contributed by atoms with Gasteiger partial charge in [-0.25, -0.2) is 4.79 Å². The molecule has 2 aliphatic rings. The Kier molecular flexibility index (Phi) is 5.24. The Hall–Kier alpha value is -1.36. The first-order valence-corrected chi connectivity index (χ1v) is 10.3. The van der Waals surface area contributed by atoms with E-state index in [4.69, 9.17) is 4.74 Å². The number of amides is 1. The van der Waals surface area contributed by atoms with Crippen molar-refractivity contribution < 1.29 is 14.3 Å². The number of ether oxygens (including phenoxy) is 1. The van der Waals surface area contributed by atoms with Gasteiger partial charge in [0, 0.05) is 10.8 Å². The first-order chi connectivity index (χ1) is 11.8. The first kappa shape index (κ1) is 18.4. The second-order valence-electron chi connectivity index (χ2n) is 8.35. The molecule has 4 nitrogen and oxygen atoms in total. The SMILES string of the molecule is CCOC(=O)c1c(NC(=O)C2CCC2)sc2c1CC[C@H](C(C)(C)C)C2. The van der Waals surface area contributed by atoms with Gasteiger partial charge in [-0.3, -0.25) is 4.79 Å². The minimum absolute atomic E-state index is 0.0581. The van der Waals surface area contributed by atoms with Gasteiger partial charge in [0.2, 0.25) is 5.91 Å². The minimum Gasteiger partial charge on any atom is -0.462 e. The van der Waals surface area contributed by atoms with E-state index < -0.39 is 0 Å². The lowest BCUT2D eigenvalue weighted by atomic mass is 9.72. The molecule has 0 unspecified atom stereocenters. The lowest BCUT2D eigenvalue weighted by molar-refractivity contribution is -0.122. The Morgan fingerprint density at radius 2 is 1.96 bits per heavy atom. The molecule has 0 radical (unpaired) electrons. The molecule has 0 aliphatic heterocycles. The molecule has 1 N–H and O–H groups in total. The van der Waals surface area contributed by atoms with Gasteiger partial charge in [0.15, 0.2) is 0 Å². The van der Waals surface area contributed by atoms with E-state index in [0.717, 1.165) is 44.1 Å². The molecule has 1 fully saturated rings. The number of nitrogens with one attached hydrogen (secondary N) is 1. The third kappa shape index (κ3) is 3.76. The second kappa shape index (κ2) is 7.10. The average molecular weight is 364 g/mol. The van der Waals surface area contributed by atoms with Crippen LogP contribution in [0.5, 0.6) is 0 Å². The van der Waals surface area contributed by atoms with E-state index in [1.807, 2.05) is 6.92 Å². The molecule has 138 valence electrons. The Labute approximate surface area is 154 Å². The molecule has 1 aromatic rings. The molecule has 2 aliphatic carbocycles. The van der Waals surface area contributed by atoms with Crippen molar-refractivity contribution in [3.63, 3.8) is 0 Å². The monoisotopic (exact) mass is 363 g/mol. The summed E-state index contributed by atoms with van der Waals surface area (Å²) in [5, 5.41) is 3.74. The predicted molar refractivity (Wildman–Crippen MR) is 101 cm³/mol. The van der Waals surface area contributed by atoms with Gasteiger partial charge >= 0.3 is 5.97 Å². The summed E-state index contributed by atoms with van der Waals surface area (Å²) in [6.07, 6.45) is 5.98. The number of hydrogen-bond acceptors (Lipinski definition) is 4. The lowest BCUT2D eigenvalue weighted by Gasteiger charge is -2.33. The number of hydrogen-bond donors (Lipinski definition) is 1. The summed E-state index contributed by atoms with van der Waals surface area (Å²) in [6, 6.07) is 0. The maximum absolute atomic E-state index is 12.5. The van der Waals surface area contributed by atoms with Gasteiger partial charge in [-0.15, -0.1) is 11.3 Å². The Morgan fingerprint density at radius 1 is 1.24 bits per heavy atom. The molecule has 0 spiro atoms. The van der Waals surface area contributed by atoms with Gasteiger partial charge in [0.05, 0.1) is 12.2 Å². The smallest absolute Gasteiger partial charge is 0.341 e. The van der Waals surface area contributed by atoms with Crippen molar-refractivity contribution in [1.29, 1.82) is 0 Å². The Balaban J connectivity index is 1.90. The molecule has 1 amide bonds. The highest BCUT2D eigenvalue weighted by Crippen LogP contribution is 2.44. The maximum Gasteiger partial charge on any atom is 0.341 e. The van der Waals surface area contributed by atoms with E-state index in [9.17, 15) is 9.59 Å². The molecule has 1 saturated carbocycles. The van der Waals surface area contributed by atoms with Gasteiger partial charge in [0.1, 0.15) is 5.00 Å². The van der Waals surface area contributed by atoms with Crippen molar-refractivity contribution in [1.82, 2.24) is 0 Å². The Morgan fingerprint density at radius 3 is 2.52 bits per heavy atom.